The molecule has 1 aromatic heterocycles. The van der Waals surface area contributed by atoms with Crippen LogP contribution in [0.25, 0.3) is 0 Å². The van der Waals surface area contributed by atoms with Crippen molar-refractivity contribution >= 4 is 21.7 Å². The van der Waals surface area contributed by atoms with Crippen molar-refractivity contribution in [2.75, 3.05) is 6.61 Å². The Kier molecular flexibility index (Phi) is 4.32. The minimum atomic E-state index is -0.118. The smallest absolute Gasteiger partial charge is 0.190 e. The summed E-state index contributed by atoms with van der Waals surface area (Å²) in [4.78, 5) is 15.3. The lowest BCUT2D eigenvalue weighted by atomic mass is 10.2. The highest BCUT2D eigenvalue weighted by Crippen LogP contribution is 2.10. The average Bonchev–Trinajstić information content (AvgIpc) is 2.18. The minimum Gasteiger partial charge on any atom is -0.501 e. The Bertz CT molecular complexity index is 350. The molecule has 14 heavy (non-hydrogen) atoms. The van der Waals surface area contributed by atoms with Crippen LogP contribution < -0.4 is 0 Å². The van der Waals surface area contributed by atoms with Gasteiger partial charge in [0.2, 0.25) is 0 Å². The molecule has 0 aliphatic rings. The van der Waals surface area contributed by atoms with Gasteiger partial charge in [0.1, 0.15) is 0 Å². The Balaban J connectivity index is 2.70. The topological polar surface area (TPSA) is 39.2 Å². The van der Waals surface area contributed by atoms with E-state index < -0.39 is 0 Å². The number of ketones is 1. The first-order valence-corrected chi connectivity index (χ1v) is 4.96. The molecule has 0 spiro atoms. The van der Waals surface area contributed by atoms with Gasteiger partial charge in [0.25, 0.3) is 0 Å². The number of allylic oxidation sites excluding steroid dienone is 1. The monoisotopic (exact) mass is 255 g/mol. The number of rotatable bonds is 4. The van der Waals surface area contributed by atoms with Gasteiger partial charge in [0.15, 0.2) is 5.78 Å². The number of nitrogens with zero attached hydrogens (tertiary/aromatic N) is 1. The number of carbonyl (C=O) groups excluding carboxylic acids is 1. The van der Waals surface area contributed by atoms with E-state index in [1.54, 1.807) is 12.3 Å². The number of ether oxygens (including phenoxy) is 1. The zero-order chi connectivity index (χ0) is 10.4. The standard InChI is InChI=1S/C10H10BrNO2/c1-2-14-4-3-10(13)8-5-9(11)7-12-6-8/h3-7H,2H2,1H3/b4-3+. The molecule has 0 radical (unpaired) electrons. The summed E-state index contributed by atoms with van der Waals surface area (Å²) >= 11 is 3.24. The zero-order valence-corrected chi connectivity index (χ0v) is 9.32. The Morgan fingerprint density at radius 1 is 1.64 bits per heavy atom. The Morgan fingerprint density at radius 2 is 2.43 bits per heavy atom. The molecule has 3 nitrogen and oxygen atoms in total. The van der Waals surface area contributed by atoms with E-state index in [9.17, 15) is 4.79 Å². The van der Waals surface area contributed by atoms with E-state index in [2.05, 4.69) is 20.9 Å². The summed E-state index contributed by atoms with van der Waals surface area (Å²) in [5.74, 6) is -0.118. The lowest BCUT2D eigenvalue weighted by Crippen LogP contribution is -1.95. The lowest BCUT2D eigenvalue weighted by Gasteiger charge is -1.96. The van der Waals surface area contributed by atoms with Gasteiger partial charge in [-0.1, -0.05) is 0 Å². The molecular weight excluding hydrogens is 246 g/mol. The van der Waals surface area contributed by atoms with Crippen molar-refractivity contribution in [2.24, 2.45) is 0 Å². The van der Waals surface area contributed by atoms with Gasteiger partial charge < -0.3 is 4.74 Å². The van der Waals surface area contributed by atoms with Crippen LogP contribution in [0.5, 0.6) is 0 Å². The molecule has 0 fully saturated rings. The molecule has 74 valence electrons. The SMILES string of the molecule is CCO/C=C/C(=O)c1cncc(Br)c1. The Hall–Kier alpha value is -1.16. The van der Waals surface area contributed by atoms with Gasteiger partial charge in [-0.05, 0) is 28.9 Å². The molecule has 0 saturated heterocycles. The number of carbonyl (C=O) groups is 1. The highest BCUT2D eigenvalue weighted by Gasteiger charge is 2.01. The van der Waals surface area contributed by atoms with Crippen LogP contribution in [0.4, 0.5) is 0 Å². The van der Waals surface area contributed by atoms with Crippen LogP contribution in [0, 0.1) is 0 Å². The van der Waals surface area contributed by atoms with Crippen molar-refractivity contribution in [3.63, 3.8) is 0 Å². The molecule has 1 heterocycles. The first-order chi connectivity index (χ1) is 6.74. The van der Waals surface area contributed by atoms with E-state index in [-0.39, 0.29) is 5.78 Å². The van der Waals surface area contributed by atoms with E-state index in [1.165, 1.54) is 18.5 Å². The summed E-state index contributed by atoms with van der Waals surface area (Å²) < 4.78 is 5.71. The van der Waals surface area contributed by atoms with Gasteiger partial charge in [0, 0.05) is 28.5 Å². The highest BCUT2D eigenvalue weighted by atomic mass is 79.9. The normalized spacial score (nSPS) is 10.4. The average molecular weight is 256 g/mol. The maximum absolute atomic E-state index is 11.4. The maximum atomic E-state index is 11.4. The molecule has 4 heteroatoms. The molecule has 1 aromatic rings. The molecule has 0 N–H and O–H groups in total. The zero-order valence-electron chi connectivity index (χ0n) is 7.74. The van der Waals surface area contributed by atoms with E-state index in [0.717, 1.165) is 4.47 Å². The number of hydrogen-bond acceptors (Lipinski definition) is 3. The predicted molar refractivity (Wildman–Crippen MR) is 57.0 cm³/mol. The van der Waals surface area contributed by atoms with Gasteiger partial charge in [-0.2, -0.15) is 0 Å². The number of halogens is 1. The van der Waals surface area contributed by atoms with Crippen molar-refractivity contribution < 1.29 is 9.53 Å². The molecule has 0 saturated carbocycles. The molecule has 1 rings (SSSR count). The van der Waals surface area contributed by atoms with Crippen molar-refractivity contribution in [2.45, 2.75) is 6.92 Å². The van der Waals surface area contributed by atoms with Crippen LogP contribution in [-0.2, 0) is 4.74 Å². The summed E-state index contributed by atoms with van der Waals surface area (Å²) in [6.45, 7) is 2.41. The van der Waals surface area contributed by atoms with Crippen molar-refractivity contribution in [1.82, 2.24) is 4.98 Å². The van der Waals surface area contributed by atoms with Crippen molar-refractivity contribution in [1.29, 1.82) is 0 Å². The third-order valence-corrected chi connectivity index (χ3v) is 1.91. The molecule has 0 unspecified atom stereocenters. The first-order valence-electron chi connectivity index (χ1n) is 4.17. The van der Waals surface area contributed by atoms with E-state index in [1.807, 2.05) is 6.92 Å². The Labute approximate surface area is 90.9 Å². The van der Waals surface area contributed by atoms with E-state index in [0.29, 0.717) is 12.2 Å². The number of pyridine rings is 1. The van der Waals surface area contributed by atoms with Gasteiger partial charge in [-0.15, -0.1) is 0 Å². The second-order valence-electron chi connectivity index (χ2n) is 2.51. The third kappa shape index (κ3) is 3.30. The quantitative estimate of drug-likeness (QED) is 0.472. The summed E-state index contributed by atoms with van der Waals surface area (Å²) in [6, 6.07) is 1.71. The molecule has 0 amide bonds. The third-order valence-electron chi connectivity index (χ3n) is 1.47. The van der Waals surface area contributed by atoms with Crippen LogP contribution in [0.1, 0.15) is 17.3 Å². The fourth-order valence-electron chi connectivity index (χ4n) is 0.849. The molecule has 0 bridgehead atoms. The molecular formula is C10H10BrNO2. The maximum Gasteiger partial charge on any atom is 0.190 e. The van der Waals surface area contributed by atoms with Gasteiger partial charge in [-0.25, -0.2) is 0 Å². The predicted octanol–water partition coefficient (Wildman–Crippen LogP) is 2.58. The highest BCUT2D eigenvalue weighted by molar-refractivity contribution is 9.10. The summed E-state index contributed by atoms with van der Waals surface area (Å²) in [6.07, 6.45) is 5.92. The van der Waals surface area contributed by atoms with Gasteiger partial charge >= 0.3 is 0 Å². The number of hydrogen-bond donors (Lipinski definition) is 0. The van der Waals surface area contributed by atoms with Crippen LogP contribution in [0.15, 0.2) is 35.3 Å². The van der Waals surface area contributed by atoms with Crippen LogP contribution in [0.2, 0.25) is 0 Å². The van der Waals surface area contributed by atoms with Crippen LogP contribution in [-0.4, -0.2) is 17.4 Å². The summed E-state index contributed by atoms with van der Waals surface area (Å²) in [7, 11) is 0. The van der Waals surface area contributed by atoms with Crippen LogP contribution in [0.3, 0.4) is 0 Å². The van der Waals surface area contributed by atoms with E-state index in [4.69, 9.17) is 4.74 Å². The second-order valence-corrected chi connectivity index (χ2v) is 3.43. The van der Waals surface area contributed by atoms with Gasteiger partial charge in [0.05, 0.1) is 12.9 Å². The van der Waals surface area contributed by atoms with Crippen molar-refractivity contribution in [3.05, 3.63) is 40.8 Å². The fraction of sp³-hybridized carbons (Fsp3) is 0.200. The number of aromatic nitrogens is 1. The minimum absolute atomic E-state index is 0.118. The molecule has 0 atom stereocenters. The molecule has 0 aromatic carbocycles. The first kappa shape index (κ1) is 10.9. The fourth-order valence-corrected chi connectivity index (χ4v) is 1.21. The van der Waals surface area contributed by atoms with Crippen molar-refractivity contribution in [3.8, 4) is 0 Å². The Morgan fingerprint density at radius 3 is 3.07 bits per heavy atom. The molecule has 0 aliphatic heterocycles. The molecule has 0 aliphatic carbocycles. The van der Waals surface area contributed by atoms with Crippen LogP contribution >= 0.6 is 15.9 Å². The lowest BCUT2D eigenvalue weighted by molar-refractivity contribution is 0.104. The summed E-state index contributed by atoms with van der Waals surface area (Å²) in [5, 5.41) is 0. The largest absolute Gasteiger partial charge is 0.501 e. The van der Waals surface area contributed by atoms with Gasteiger partial charge in [-0.3, -0.25) is 9.78 Å². The van der Waals surface area contributed by atoms with E-state index >= 15 is 0 Å². The second kappa shape index (κ2) is 5.54. The summed E-state index contributed by atoms with van der Waals surface area (Å²) in [5.41, 5.74) is 0.537.